The van der Waals surface area contributed by atoms with Crippen molar-refractivity contribution in [1.29, 1.82) is 0 Å². The van der Waals surface area contributed by atoms with Crippen LogP contribution in [0.5, 0.6) is 0 Å². The van der Waals surface area contributed by atoms with Gasteiger partial charge in [-0.2, -0.15) is 0 Å². The van der Waals surface area contributed by atoms with Crippen LogP contribution in [0.25, 0.3) is 0 Å². The molecule has 0 spiro atoms. The average molecular weight is 395 g/mol. The SMILES string of the molecule is CCOC(=O)C1C[C@@H](C[Se]c2ccccc2)N2C(=O)NC(=O)[C@]12C. The van der Waals surface area contributed by atoms with Gasteiger partial charge in [0.15, 0.2) is 0 Å². The molecule has 0 saturated carbocycles. The number of imide groups is 1. The van der Waals surface area contributed by atoms with E-state index in [9.17, 15) is 14.4 Å². The molecule has 2 aliphatic heterocycles. The molecular formula is C17H20N2O4Se. The molecule has 0 aliphatic carbocycles. The Morgan fingerprint density at radius 3 is 2.75 bits per heavy atom. The number of fused-ring (bicyclic) bond motifs is 1. The summed E-state index contributed by atoms with van der Waals surface area (Å²) >= 11 is 0.169. The van der Waals surface area contributed by atoms with Crippen molar-refractivity contribution in [3.8, 4) is 0 Å². The Morgan fingerprint density at radius 2 is 2.08 bits per heavy atom. The molecule has 2 heterocycles. The minimum absolute atomic E-state index is 0.129. The van der Waals surface area contributed by atoms with E-state index >= 15 is 0 Å². The van der Waals surface area contributed by atoms with E-state index in [0.717, 1.165) is 5.32 Å². The summed E-state index contributed by atoms with van der Waals surface area (Å²) in [6, 6.07) is 9.54. The van der Waals surface area contributed by atoms with Gasteiger partial charge in [-0.3, -0.25) is 0 Å². The van der Waals surface area contributed by atoms with Crippen LogP contribution < -0.4 is 9.78 Å². The van der Waals surface area contributed by atoms with E-state index in [1.165, 1.54) is 4.46 Å². The van der Waals surface area contributed by atoms with E-state index in [2.05, 4.69) is 17.4 Å². The summed E-state index contributed by atoms with van der Waals surface area (Å²) in [5.74, 6) is -1.41. The number of hydrogen-bond acceptors (Lipinski definition) is 4. The standard InChI is InChI=1S/C17H20N2O4Se/c1-3-23-14(20)13-9-11(10-24-12-7-5-4-6-8-12)19-16(22)18-15(21)17(13,19)2/h4-8,11,13H,3,9-10H2,1-2H3,(H,18,21,22)/t11-,13?,17-/m0/s1. The first kappa shape index (κ1) is 17.0. The van der Waals surface area contributed by atoms with Crippen molar-refractivity contribution in [2.75, 3.05) is 6.61 Å². The molecule has 24 heavy (non-hydrogen) atoms. The van der Waals surface area contributed by atoms with Gasteiger partial charge >= 0.3 is 147 Å². The number of nitrogens with one attached hydrogen (secondary N) is 1. The van der Waals surface area contributed by atoms with Crippen molar-refractivity contribution in [1.82, 2.24) is 10.2 Å². The molecule has 0 radical (unpaired) electrons. The summed E-state index contributed by atoms with van der Waals surface area (Å²) in [4.78, 5) is 38.5. The number of urea groups is 1. The molecule has 1 unspecified atom stereocenters. The van der Waals surface area contributed by atoms with Gasteiger partial charge in [-0.1, -0.05) is 0 Å². The van der Waals surface area contributed by atoms with Gasteiger partial charge in [0.1, 0.15) is 0 Å². The van der Waals surface area contributed by atoms with Crippen molar-refractivity contribution in [3.63, 3.8) is 0 Å². The monoisotopic (exact) mass is 396 g/mol. The number of hydrogen-bond donors (Lipinski definition) is 1. The van der Waals surface area contributed by atoms with E-state index in [0.29, 0.717) is 6.42 Å². The van der Waals surface area contributed by atoms with Gasteiger partial charge in [0, 0.05) is 0 Å². The number of benzene rings is 1. The topological polar surface area (TPSA) is 75.7 Å². The molecule has 1 aromatic carbocycles. The molecule has 3 amide bonds. The van der Waals surface area contributed by atoms with Crippen LogP contribution in [0.4, 0.5) is 4.79 Å². The molecular weight excluding hydrogens is 375 g/mol. The van der Waals surface area contributed by atoms with Crippen LogP contribution >= 0.6 is 0 Å². The van der Waals surface area contributed by atoms with Crippen LogP contribution in [0.3, 0.4) is 0 Å². The van der Waals surface area contributed by atoms with Crippen molar-refractivity contribution < 1.29 is 19.1 Å². The number of rotatable bonds is 5. The Labute approximate surface area is 147 Å². The van der Waals surface area contributed by atoms with Gasteiger partial charge in [-0.25, -0.2) is 0 Å². The molecule has 3 atom stereocenters. The molecule has 6 nitrogen and oxygen atoms in total. The normalized spacial score (nSPS) is 28.7. The summed E-state index contributed by atoms with van der Waals surface area (Å²) in [7, 11) is 0. The number of carbonyl (C=O) groups is 3. The van der Waals surface area contributed by atoms with E-state index < -0.39 is 29.4 Å². The number of nitrogens with zero attached hydrogens (tertiary/aromatic N) is 1. The second-order valence-corrected chi connectivity index (χ2v) is 8.39. The molecule has 2 fully saturated rings. The van der Waals surface area contributed by atoms with E-state index in [1.54, 1.807) is 18.7 Å². The third-order valence-electron chi connectivity index (χ3n) is 4.71. The molecule has 0 bridgehead atoms. The fourth-order valence-electron chi connectivity index (χ4n) is 3.50. The average Bonchev–Trinajstić information content (AvgIpc) is 2.99. The van der Waals surface area contributed by atoms with Crippen LogP contribution in [0.1, 0.15) is 20.3 Å². The number of carbonyl (C=O) groups excluding carboxylic acids is 3. The Kier molecular flexibility index (Phi) is 4.65. The van der Waals surface area contributed by atoms with E-state index in [-0.39, 0.29) is 27.6 Å². The van der Waals surface area contributed by atoms with Gasteiger partial charge in [-0.15, -0.1) is 0 Å². The van der Waals surface area contributed by atoms with Crippen LogP contribution in [0.15, 0.2) is 30.3 Å². The zero-order valence-electron chi connectivity index (χ0n) is 13.7. The van der Waals surface area contributed by atoms with Gasteiger partial charge in [0.05, 0.1) is 0 Å². The third-order valence-corrected chi connectivity index (χ3v) is 7.13. The first-order valence-corrected chi connectivity index (χ1v) is 10.0. The third kappa shape index (κ3) is 2.72. The Morgan fingerprint density at radius 1 is 1.38 bits per heavy atom. The van der Waals surface area contributed by atoms with Crippen LogP contribution in [-0.4, -0.2) is 56.0 Å². The fraction of sp³-hybridized carbons (Fsp3) is 0.471. The van der Waals surface area contributed by atoms with E-state index in [4.69, 9.17) is 4.74 Å². The predicted octanol–water partition coefficient (Wildman–Crippen LogP) is 0.696. The molecule has 0 aromatic heterocycles. The van der Waals surface area contributed by atoms with Gasteiger partial charge in [-0.05, 0) is 0 Å². The maximum absolute atomic E-state index is 12.4. The molecule has 7 heteroatoms. The van der Waals surface area contributed by atoms with Gasteiger partial charge in [0.2, 0.25) is 0 Å². The van der Waals surface area contributed by atoms with Gasteiger partial charge < -0.3 is 0 Å². The van der Waals surface area contributed by atoms with Crippen molar-refractivity contribution in [2.45, 2.75) is 37.2 Å². The maximum atomic E-state index is 12.4. The quantitative estimate of drug-likeness (QED) is 0.453. The molecule has 2 aliphatic rings. The van der Waals surface area contributed by atoms with Crippen LogP contribution in [0.2, 0.25) is 5.32 Å². The second-order valence-electron chi connectivity index (χ2n) is 6.10. The second kappa shape index (κ2) is 6.57. The summed E-state index contributed by atoms with van der Waals surface area (Å²) < 4.78 is 6.38. The minimum atomic E-state index is -1.14. The first-order chi connectivity index (χ1) is 11.5. The Hall–Kier alpha value is -1.85. The van der Waals surface area contributed by atoms with Gasteiger partial charge in [0.25, 0.3) is 0 Å². The first-order valence-electron chi connectivity index (χ1n) is 7.97. The zero-order valence-corrected chi connectivity index (χ0v) is 15.4. The zero-order chi connectivity index (χ0) is 17.3. The number of esters is 1. The van der Waals surface area contributed by atoms with Crippen molar-refractivity contribution >= 4 is 37.3 Å². The van der Waals surface area contributed by atoms with E-state index in [1.807, 2.05) is 18.2 Å². The predicted molar refractivity (Wildman–Crippen MR) is 88.9 cm³/mol. The number of ether oxygens (including phenoxy) is 1. The summed E-state index contributed by atoms with van der Waals surface area (Å²) in [6.45, 7) is 3.67. The summed E-state index contributed by atoms with van der Waals surface area (Å²) in [5.41, 5.74) is -1.14. The molecule has 2 saturated heterocycles. The molecule has 1 aromatic rings. The van der Waals surface area contributed by atoms with Crippen molar-refractivity contribution in [3.05, 3.63) is 30.3 Å². The van der Waals surface area contributed by atoms with Crippen LogP contribution in [0, 0.1) is 5.92 Å². The molecule has 1 N–H and O–H groups in total. The van der Waals surface area contributed by atoms with Crippen molar-refractivity contribution in [2.24, 2.45) is 5.92 Å². The van der Waals surface area contributed by atoms with Crippen LogP contribution in [-0.2, 0) is 14.3 Å². The molecule has 128 valence electrons. The molecule has 3 rings (SSSR count). The fourth-order valence-corrected chi connectivity index (χ4v) is 5.64. The summed E-state index contributed by atoms with van der Waals surface area (Å²) in [5, 5.41) is 3.13. The number of amides is 3. The Bertz CT molecular complexity index is 666. The summed E-state index contributed by atoms with van der Waals surface area (Å²) in [6.07, 6.45) is 0.475. The Balaban J connectivity index is 1.81.